The molecule has 1 aliphatic carbocycles. The van der Waals surface area contributed by atoms with Gasteiger partial charge in [-0.3, -0.25) is 0 Å². The molecule has 84 valence electrons. The van der Waals surface area contributed by atoms with E-state index in [0.29, 0.717) is 17.5 Å². The summed E-state index contributed by atoms with van der Waals surface area (Å²) >= 11 is 7.61. The molecule has 1 heterocycles. The Morgan fingerprint density at radius 1 is 1.40 bits per heavy atom. The van der Waals surface area contributed by atoms with Gasteiger partial charge in [0.05, 0.1) is 4.34 Å². The van der Waals surface area contributed by atoms with Crippen molar-refractivity contribution in [2.75, 3.05) is 0 Å². The van der Waals surface area contributed by atoms with Crippen molar-refractivity contribution in [1.29, 1.82) is 0 Å². The molecule has 15 heavy (non-hydrogen) atoms. The van der Waals surface area contributed by atoms with E-state index in [1.165, 1.54) is 17.7 Å². The molecule has 1 aliphatic rings. The number of hydrogen-bond acceptors (Lipinski definition) is 2. The monoisotopic (exact) mass is 243 g/mol. The van der Waals surface area contributed by atoms with Crippen molar-refractivity contribution >= 4 is 22.9 Å². The van der Waals surface area contributed by atoms with Gasteiger partial charge in [-0.1, -0.05) is 18.5 Å². The summed E-state index contributed by atoms with van der Waals surface area (Å²) in [6.45, 7) is 6.86. The number of halogens is 1. The molecule has 2 atom stereocenters. The molecule has 0 spiro atoms. The average Bonchev–Trinajstić information content (AvgIpc) is 2.77. The van der Waals surface area contributed by atoms with Crippen LogP contribution in [0.2, 0.25) is 4.34 Å². The highest BCUT2D eigenvalue weighted by molar-refractivity contribution is 7.16. The molecule has 0 saturated heterocycles. The molecule has 0 amide bonds. The van der Waals surface area contributed by atoms with E-state index in [1.807, 2.05) is 6.07 Å². The maximum atomic E-state index is 5.93. The smallest absolute Gasteiger partial charge is 0.0931 e. The lowest BCUT2D eigenvalue weighted by Gasteiger charge is -2.24. The Morgan fingerprint density at radius 2 is 2.07 bits per heavy atom. The number of rotatable bonds is 4. The second kappa shape index (κ2) is 4.08. The minimum Gasteiger partial charge on any atom is -0.306 e. The van der Waals surface area contributed by atoms with Crippen molar-refractivity contribution in [3.8, 4) is 0 Å². The van der Waals surface area contributed by atoms with Crippen LogP contribution < -0.4 is 5.32 Å². The molecule has 3 heteroatoms. The molecular weight excluding hydrogens is 226 g/mol. The maximum Gasteiger partial charge on any atom is 0.0931 e. The van der Waals surface area contributed by atoms with Crippen LogP contribution in [0.25, 0.3) is 0 Å². The molecule has 0 aromatic carbocycles. The molecule has 1 N–H and O–H groups in total. The van der Waals surface area contributed by atoms with E-state index in [4.69, 9.17) is 11.6 Å². The molecule has 2 rings (SSSR count). The van der Waals surface area contributed by atoms with Gasteiger partial charge in [-0.15, -0.1) is 11.3 Å². The van der Waals surface area contributed by atoms with Crippen LogP contribution in [0.3, 0.4) is 0 Å². The number of nitrogens with one attached hydrogen (secondary N) is 1. The largest absolute Gasteiger partial charge is 0.306 e. The summed E-state index contributed by atoms with van der Waals surface area (Å²) in [5.74, 6) is 0. The summed E-state index contributed by atoms with van der Waals surface area (Å²) in [6, 6.07) is 5.10. The van der Waals surface area contributed by atoms with Crippen LogP contribution in [0.4, 0.5) is 0 Å². The van der Waals surface area contributed by atoms with Gasteiger partial charge in [0.1, 0.15) is 0 Å². The summed E-state index contributed by atoms with van der Waals surface area (Å²) in [5.41, 5.74) is 0.537. The lowest BCUT2D eigenvalue weighted by molar-refractivity contribution is 0.352. The summed E-state index contributed by atoms with van der Waals surface area (Å²) in [7, 11) is 0. The van der Waals surface area contributed by atoms with Crippen LogP contribution in [-0.2, 0) is 0 Å². The average molecular weight is 244 g/mol. The predicted octanol–water partition coefficient (Wildman–Crippen LogP) is 4.24. The molecule has 1 nitrogen and oxygen atoms in total. The van der Waals surface area contributed by atoms with E-state index in [2.05, 4.69) is 32.2 Å². The van der Waals surface area contributed by atoms with Crippen LogP contribution in [0.5, 0.6) is 0 Å². The number of hydrogen-bond donors (Lipinski definition) is 1. The van der Waals surface area contributed by atoms with E-state index >= 15 is 0 Å². The minimum atomic E-state index is 0.412. The zero-order valence-corrected chi connectivity index (χ0v) is 11.1. The topological polar surface area (TPSA) is 12.0 Å². The van der Waals surface area contributed by atoms with E-state index in [-0.39, 0.29) is 0 Å². The first kappa shape index (κ1) is 11.4. The van der Waals surface area contributed by atoms with Gasteiger partial charge >= 0.3 is 0 Å². The summed E-state index contributed by atoms with van der Waals surface area (Å²) in [4.78, 5) is 1.33. The first-order valence-corrected chi connectivity index (χ1v) is 6.72. The Bertz CT molecular complexity index is 343. The van der Waals surface area contributed by atoms with Gasteiger partial charge in [-0.2, -0.15) is 0 Å². The molecule has 1 saturated carbocycles. The Kier molecular flexibility index (Phi) is 3.11. The molecule has 1 aromatic rings. The zero-order valence-electron chi connectivity index (χ0n) is 9.51. The predicted molar refractivity (Wildman–Crippen MR) is 67.7 cm³/mol. The SMILES string of the molecule is CC(NC(C)C1(C)CC1)c1ccc(Cl)s1. The van der Waals surface area contributed by atoms with E-state index in [1.54, 1.807) is 11.3 Å². The van der Waals surface area contributed by atoms with Gasteiger partial charge < -0.3 is 5.32 Å². The third-order valence-electron chi connectivity index (χ3n) is 3.60. The van der Waals surface area contributed by atoms with E-state index < -0.39 is 0 Å². The molecule has 0 radical (unpaired) electrons. The van der Waals surface area contributed by atoms with Gasteiger partial charge in [0, 0.05) is 17.0 Å². The highest BCUT2D eigenvalue weighted by atomic mass is 35.5. The lowest BCUT2D eigenvalue weighted by Crippen LogP contribution is -2.34. The lowest BCUT2D eigenvalue weighted by atomic mass is 10.00. The van der Waals surface area contributed by atoms with E-state index in [0.717, 1.165) is 4.34 Å². The van der Waals surface area contributed by atoms with Crippen LogP contribution in [-0.4, -0.2) is 6.04 Å². The highest BCUT2D eigenvalue weighted by Gasteiger charge is 2.42. The Labute approximate surface area is 101 Å². The second-order valence-electron chi connectivity index (χ2n) is 4.91. The summed E-state index contributed by atoms with van der Waals surface area (Å²) in [5, 5.41) is 3.66. The van der Waals surface area contributed by atoms with Gasteiger partial charge in [0.2, 0.25) is 0 Å². The van der Waals surface area contributed by atoms with Crippen molar-refractivity contribution in [1.82, 2.24) is 5.32 Å². The van der Waals surface area contributed by atoms with Crippen molar-refractivity contribution < 1.29 is 0 Å². The normalized spacial score (nSPS) is 22.4. The molecule has 0 bridgehead atoms. The van der Waals surface area contributed by atoms with Gasteiger partial charge in [-0.25, -0.2) is 0 Å². The third-order valence-corrected chi connectivity index (χ3v) is 5.02. The van der Waals surface area contributed by atoms with Crippen molar-refractivity contribution in [3.63, 3.8) is 0 Å². The third kappa shape index (κ3) is 2.55. The van der Waals surface area contributed by atoms with Crippen LogP contribution in [0, 0.1) is 5.41 Å². The van der Waals surface area contributed by atoms with Crippen LogP contribution in [0.15, 0.2) is 12.1 Å². The zero-order chi connectivity index (χ0) is 11.1. The van der Waals surface area contributed by atoms with Crippen LogP contribution >= 0.6 is 22.9 Å². The maximum absolute atomic E-state index is 5.93. The molecule has 1 aromatic heterocycles. The molecule has 2 unspecified atom stereocenters. The Balaban J connectivity index is 1.94. The standard InChI is InChI=1S/C12H18ClNS/c1-8(10-4-5-11(13)15-10)14-9(2)12(3)6-7-12/h4-5,8-9,14H,6-7H2,1-3H3. The molecule has 1 fully saturated rings. The molecular formula is C12H18ClNS. The fourth-order valence-electron chi connectivity index (χ4n) is 1.85. The minimum absolute atomic E-state index is 0.412. The number of thiophene rings is 1. The molecule has 0 aliphatic heterocycles. The summed E-state index contributed by atoms with van der Waals surface area (Å²) < 4.78 is 0.879. The quantitative estimate of drug-likeness (QED) is 0.834. The van der Waals surface area contributed by atoms with Crippen LogP contribution in [0.1, 0.15) is 44.5 Å². The van der Waals surface area contributed by atoms with Gasteiger partial charge in [-0.05, 0) is 44.2 Å². The first-order valence-electron chi connectivity index (χ1n) is 5.52. The second-order valence-corrected chi connectivity index (χ2v) is 6.65. The summed E-state index contributed by atoms with van der Waals surface area (Å²) in [6.07, 6.45) is 2.72. The first-order chi connectivity index (χ1) is 7.01. The van der Waals surface area contributed by atoms with Crippen molar-refractivity contribution in [2.24, 2.45) is 5.41 Å². The Hall–Kier alpha value is -0.0500. The van der Waals surface area contributed by atoms with Crippen molar-refractivity contribution in [3.05, 3.63) is 21.3 Å². The van der Waals surface area contributed by atoms with Gasteiger partial charge in [0.25, 0.3) is 0 Å². The van der Waals surface area contributed by atoms with Crippen molar-refractivity contribution in [2.45, 2.75) is 45.7 Å². The van der Waals surface area contributed by atoms with Gasteiger partial charge in [0.15, 0.2) is 0 Å². The fourth-order valence-corrected chi connectivity index (χ4v) is 2.92. The highest BCUT2D eigenvalue weighted by Crippen LogP contribution is 2.48. The van der Waals surface area contributed by atoms with E-state index in [9.17, 15) is 0 Å². The fraction of sp³-hybridized carbons (Fsp3) is 0.667. The Morgan fingerprint density at radius 3 is 2.53 bits per heavy atom.